The van der Waals surface area contributed by atoms with Gasteiger partial charge in [-0.05, 0) is 37.1 Å². The number of nitrogens with zero attached hydrogens (tertiary/aromatic N) is 4. The van der Waals surface area contributed by atoms with Crippen LogP contribution in [0.1, 0.15) is 71.0 Å². The van der Waals surface area contributed by atoms with Gasteiger partial charge >= 0.3 is 0 Å². The molecule has 0 spiro atoms. The molecule has 1 aromatic heterocycles. The largest absolute Gasteiger partial charge is 0.854 e. The normalized spacial score (nSPS) is 14.3. The van der Waals surface area contributed by atoms with Crippen LogP contribution in [0.15, 0.2) is 53.7 Å². The van der Waals surface area contributed by atoms with Crippen LogP contribution in [-0.4, -0.2) is 28.3 Å². The third-order valence-corrected chi connectivity index (χ3v) is 7.16. The predicted octanol–water partition coefficient (Wildman–Crippen LogP) is 5.27. The van der Waals surface area contributed by atoms with E-state index < -0.39 is 6.17 Å². The Kier molecular flexibility index (Phi) is 8.80. The molecule has 8 heteroatoms. The lowest BCUT2D eigenvalue weighted by Gasteiger charge is -2.33. The number of hydrogen-bond acceptors (Lipinski definition) is 6. The number of para-hydroxylation sites is 2. The number of hydrogen-bond donors (Lipinski definition) is 0. The molecule has 7 nitrogen and oxygen atoms in total. The molecule has 0 aliphatic carbocycles. The molecule has 0 saturated carbocycles. The molecule has 1 unspecified atom stereocenters. The Hall–Kier alpha value is -3.13. The molecular weight excluding hydrogens is 472 g/mol. The second-order valence-corrected chi connectivity index (χ2v) is 9.98. The van der Waals surface area contributed by atoms with Crippen molar-refractivity contribution >= 4 is 23.4 Å². The van der Waals surface area contributed by atoms with Gasteiger partial charge in [-0.1, -0.05) is 80.2 Å². The quantitative estimate of drug-likeness (QED) is 0.200. The fraction of sp³-hybridized carbons (Fsp3) is 0.429. The van der Waals surface area contributed by atoms with E-state index in [1.165, 1.54) is 18.2 Å². The second-order valence-electron chi connectivity index (χ2n) is 8.92. The van der Waals surface area contributed by atoms with Crippen molar-refractivity contribution < 1.29 is 19.3 Å². The van der Waals surface area contributed by atoms with Gasteiger partial charge < -0.3 is 9.84 Å². The Morgan fingerprint density at radius 3 is 2.58 bits per heavy atom. The van der Waals surface area contributed by atoms with E-state index in [0.29, 0.717) is 34.5 Å². The summed E-state index contributed by atoms with van der Waals surface area (Å²) in [6.45, 7) is 6.44. The van der Waals surface area contributed by atoms with E-state index >= 15 is 0 Å². The van der Waals surface area contributed by atoms with Gasteiger partial charge in [0, 0.05) is 17.8 Å². The Bertz CT molecular complexity index is 1200. The van der Waals surface area contributed by atoms with E-state index in [1.807, 2.05) is 48.5 Å². The number of ether oxygens (including phenoxy) is 1. The van der Waals surface area contributed by atoms with Crippen molar-refractivity contribution in [3.8, 4) is 22.9 Å². The number of carbonyl (C=O) groups is 1. The van der Waals surface area contributed by atoms with Gasteiger partial charge in [0.2, 0.25) is 5.91 Å². The highest BCUT2D eigenvalue weighted by molar-refractivity contribution is 7.99. The van der Waals surface area contributed by atoms with Crippen molar-refractivity contribution in [1.29, 1.82) is 0 Å². The van der Waals surface area contributed by atoms with E-state index in [1.54, 1.807) is 16.5 Å². The van der Waals surface area contributed by atoms with Crippen molar-refractivity contribution in [2.45, 2.75) is 70.6 Å². The molecule has 0 fully saturated rings. The molecule has 3 aromatic rings. The third kappa shape index (κ3) is 5.48. The molecule has 0 N–H and O–H groups in total. The molecule has 2 heterocycles. The first-order valence-electron chi connectivity index (χ1n) is 12.8. The van der Waals surface area contributed by atoms with Gasteiger partial charge in [0.25, 0.3) is 17.0 Å². The lowest BCUT2D eigenvalue weighted by atomic mass is 10.0. The van der Waals surface area contributed by atoms with Crippen molar-refractivity contribution in [3.63, 3.8) is 0 Å². The van der Waals surface area contributed by atoms with E-state index in [0.717, 1.165) is 43.4 Å². The van der Waals surface area contributed by atoms with Crippen molar-refractivity contribution in [3.05, 3.63) is 54.1 Å². The van der Waals surface area contributed by atoms with Gasteiger partial charge in [0.1, 0.15) is 5.75 Å². The molecule has 1 aliphatic heterocycles. The van der Waals surface area contributed by atoms with Crippen LogP contribution in [-0.2, 0) is 4.79 Å². The Labute approximate surface area is 217 Å². The summed E-state index contributed by atoms with van der Waals surface area (Å²) in [6.07, 6.45) is 5.79. The number of anilines is 1. The van der Waals surface area contributed by atoms with Crippen LogP contribution in [0.2, 0.25) is 0 Å². The molecule has 0 radical (unpaired) electrons. The standard InChI is InChI=1S/C28H34N4O3S/c1-4-6-8-13-18-35-24-17-12-10-15-22(24)27-31(20(3)33)23-16-11-9-14-21(23)25-26(34)29-28(30-32(25)27)36-19-7-5-2/h9-12,14-17,27H,4-8,13,18-19H2,1-3H3. The summed E-state index contributed by atoms with van der Waals surface area (Å²) in [7, 11) is 0. The van der Waals surface area contributed by atoms with E-state index in [-0.39, 0.29) is 11.8 Å². The Morgan fingerprint density at radius 2 is 1.81 bits per heavy atom. The molecule has 0 bridgehead atoms. The Morgan fingerprint density at radius 1 is 1.06 bits per heavy atom. The number of benzene rings is 2. The fourth-order valence-corrected chi connectivity index (χ4v) is 5.37. The van der Waals surface area contributed by atoms with Crippen LogP contribution in [0.25, 0.3) is 11.3 Å². The number of aromatic nitrogens is 3. The van der Waals surface area contributed by atoms with E-state index in [2.05, 4.69) is 18.8 Å². The lowest BCUT2D eigenvalue weighted by molar-refractivity contribution is -0.764. The SMILES string of the molecule is CCCCCCOc1ccccc1C1N(C(C)=O)c2ccccc2-c2c([O-])nc(SCCCC)n[n+]21. The van der Waals surface area contributed by atoms with Crippen molar-refractivity contribution in [1.82, 2.24) is 10.1 Å². The molecular formula is C28H34N4O3S. The van der Waals surface area contributed by atoms with Crippen LogP contribution >= 0.6 is 11.8 Å². The van der Waals surface area contributed by atoms with E-state index in [4.69, 9.17) is 9.84 Å². The molecule has 0 saturated heterocycles. The van der Waals surface area contributed by atoms with Crippen LogP contribution in [0.4, 0.5) is 5.69 Å². The van der Waals surface area contributed by atoms with Gasteiger partial charge in [-0.3, -0.25) is 4.79 Å². The summed E-state index contributed by atoms with van der Waals surface area (Å²) in [6, 6.07) is 15.2. The number of carbonyl (C=O) groups excluding carboxylic acids is 1. The summed E-state index contributed by atoms with van der Waals surface area (Å²) in [5.74, 6) is 1.02. The minimum absolute atomic E-state index is 0.144. The minimum Gasteiger partial charge on any atom is -0.854 e. The van der Waals surface area contributed by atoms with Crippen molar-refractivity contribution in [2.75, 3.05) is 17.3 Å². The monoisotopic (exact) mass is 506 g/mol. The average Bonchev–Trinajstić information content (AvgIpc) is 2.88. The molecule has 4 rings (SSSR count). The van der Waals surface area contributed by atoms with Gasteiger partial charge in [0.15, 0.2) is 0 Å². The molecule has 36 heavy (non-hydrogen) atoms. The zero-order valence-electron chi connectivity index (χ0n) is 21.3. The summed E-state index contributed by atoms with van der Waals surface area (Å²) in [5.41, 5.74) is 2.48. The van der Waals surface area contributed by atoms with Crippen LogP contribution in [0.3, 0.4) is 0 Å². The maximum Gasteiger partial charge on any atom is 0.296 e. The average molecular weight is 507 g/mol. The third-order valence-electron chi connectivity index (χ3n) is 6.24. The van der Waals surface area contributed by atoms with Crippen LogP contribution in [0, 0.1) is 0 Å². The van der Waals surface area contributed by atoms with Crippen LogP contribution < -0.4 is 19.4 Å². The first-order valence-corrected chi connectivity index (χ1v) is 13.8. The van der Waals surface area contributed by atoms with E-state index in [9.17, 15) is 9.90 Å². The zero-order chi connectivity index (χ0) is 25.5. The first kappa shape index (κ1) is 25.9. The molecule has 190 valence electrons. The fourth-order valence-electron chi connectivity index (χ4n) is 4.46. The number of fused-ring (bicyclic) bond motifs is 3. The summed E-state index contributed by atoms with van der Waals surface area (Å²) in [4.78, 5) is 19.1. The number of rotatable bonds is 11. The first-order chi connectivity index (χ1) is 17.6. The Balaban J connectivity index is 1.84. The summed E-state index contributed by atoms with van der Waals surface area (Å²) >= 11 is 1.47. The van der Waals surface area contributed by atoms with Gasteiger partial charge in [-0.2, -0.15) is 0 Å². The number of amides is 1. The van der Waals surface area contributed by atoms with Crippen molar-refractivity contribution in [2.24, 2.45) is 0 Å². The maximum atomic E-state index is 13.4. The highest BCUT2D eigenvalue weighted by Crippen LogP contribution is 2.42. The maximum absolute atomic E-state index is 13.4. The zero-order valence-corrected chi connectivity index (χ0v) is 22.1. The second kappa shape index (κ2) is 12.2. The van der Waals surface area contributed by atoms with Gasteiger partial charge in [0.05, 0.1) is 29.3 Å². The summed E-state index contributed by atoms with van der Waals surface area (Å²) in [5, 5.41) is 18.6. The minimum atomic E-state index is -0.666. The highest BCUT2D eigenvalue weighted by atomic mass is 32.2. The summed E-state index contributed by atoms with van der Waals surface area (Å²) < 4.78 is 7.90. The van der Waals surface area contributed by atoms with Gasteiger partial charge in [-0.15, -0.1) is 0 Å². The van der Waals surface area contributed by atoms with Crippen LogP contribution in [0.5, 0.6) is 11.6 Å². The molecule has 1 atom stereocenters. The smallest absolute Gasteiger partial charge is 0.296 e. The highest BCUT2D eigenvalue weighted by Gasteiger charge is 2.45. The predicted molar refractivity (Wildman–Crippen MR) is 140 cm³/mol. The topological polar surface area (TPSA) is 82.3 Å². The molecule has 2 aromatic carbocycles. The van der Waals surface area contributed by atoms with Gasteiger partial charge in [-0.25, -0.2) is 9.88 Å². The molecule has 1 amide bonds. The lowest BCUT2D eigenvalue weighted by Crippen LogP contribution is -2.58. The molecule has 1 aliphatic rings. The number of unbranched alkanes of at least 4 members (excludes halogenated alkanes) is 4. The number of thioether (sulfide) groups is 1.